The second kappa shape index (κ2) is 9.41. The maximum atomic E-state index is 13.1. The van der Waals surface area contributed by atoms with Gasteiger partial charge in [-0.05, 0) is 30.9 Å². The minimum Gasteiger partial charge on any atom is -0.496 e. The van der Waals surface area contributed by atoms with E-state index in [-0.39, 0.29) is 6.04 Å². The van der Waals surface area contributed by atoms with Crippen LogP contribution in [-0.2, 0) is 17.9 Å². The minimum atomic E-state index is 0.256. The molecular weight excluding hydrogens is 404 g/mol. The Labute approximate surface area is 190 Å². The number of nitrogens with zero attached hydrogens (tertiary/aromatic N) is 2. The van der Waals surface area contributed by atoms with Gasteiger partial charge in [0, 0.05) is 49.8 Å². The Morgan fingerprint density at radius 3 is 2.53 bits per heavy atom. The molecule has 0 N–H and O–H groups in total. The number of fused-ring (bicyclic) bond motifs is 2. The van der Waals surface area contributed by atoms with Crippen LogP contribution in [0.4, 0.5) is 0 Å². The lowest BCUT2D eigenvalue weighted by atomic mass is 9.96. The third-order valence-corrected chi connectivity index (χ3v) is 7.00. The molecule has 3 aliphatic heterocycles. The average Bonchev–Trinajstić information content (AvgIpc) is 3.20. The summed E-state index contributed by atoms with van der Waals surface area (Å²) < 4.78 is 17.2. The Kier molecular flexibility index (Phi) is 6.21. The zero-order valence-corrected chi connectivity index (χ0v) is 18.8. The van der Waals surface area contributed by atoms with Gasteiger partial charge in [-0.2, -0.15) is 0 Å². The summed E-state index contributed by atoms with van der Waals surface area (Å²) in [5.74, 6) is 2.67. The first-order chi connectivity index (χ1) is 15.7. The first kappa shape index (κ1) is 21.1. The molecule has 2 aromatic carbocycles. The largest absolute Gasteiger partial charge is 0.496 e. The smallest absolute Gasteiger partial charge is 0.223 e. The zero-order chi connectivity index (χ0) is 21.9. The second-order valence-corrected chi connectivity index (χ2v) is 8.95. The predicted molar refractivity (Wildman–Crippen MR) is 122 cm³/mol. The third kappa shape index (κ3) is 4.29. The van der Waals surface area contributed by atoms with Crippen molar-refractivity contribution in [2.75, 3.05) is 26.9 Å². The summed E-state index contributed by atoms with van der Waals surface area (Å²) in [5.41, 5.74) is 2.31. The van der Waals surface area contributed by atoms with Gasteiger partial charge in [0.15, 0.2) is 11.5 Å². The van der Waals surface area contributed by atoms with Gasteiger partial charge in [-0.25, -0.2) is 0 Å². The number of amides is 1. The van der Waals surface area contributed by atoms with Crippen LogP contribution in [0.1, 0.15) is 43.2 Å². The van der Waals surface area contributed by atoms with E-state index in [1.165, 1.54) is 5.56 Å². The highest BCUT2D eigenvalue weighted by atomic mass is 16.6. The lowest BCUT2D eigenvalue weighted by Gasteiger charge is -2.38. The average molecular weight is 437 g/mol. The molecule has 2 atom stereocenters. The summed E-state index contributed by atoms with van der Waals surface area (Å²) in [6.45, 7) is 3.60. The molecule has 0 bridgehead atoms. The Morgan fingerprint density at radius 2 is 1.75 bits per heavy atom. The highest BCUT2D eigenvalue weighted by Gasteiger charge is 2.40. The number of hydrogen-bond donors (Lipinski definition) is 0. The van der Waals surface area contributed by atoms with Gasteiger partial charge >= 0.3 is 0 Å². The summed E-state index contributed by atoms with van der Waals surface area (Å²) in [6, 6.07) is 15.0. The summed E-state index contributed by atoms with van der Waals surface area (Å²) in [5, 5.41) is 0. The van der Waals surface area contributed by atoms with E-state index in [2.05, 4.69) is 40.1 Å². The number of likely N-dealkylation sites (tertiary alicyclic amines) is 2. The van der Waals surface area contributed by atoms with E-state index < -0.39 is 0 Å². The van der Waals surface area contributed by atoms with Crippen LogP contribution in [0.25, 0.3) is 0 Å². The van der Waals surface area contributed by atoms with Gasteiger partial charge in [0.2, 0.25) is 5.91 Å². The first-order valence-electron chi connectivity index (χ1n) is 11.8. The number of hydrogen-bond acceptors (Lipinski definition) is 5. The number of carbonyl (C=O) groups is 1. The first-order valence-corrected chi connectivity index (χ1v) is 11.8. The molecule has 2 saturated heterocycles. The molecule has 0 aromatic heterocycles. The van der Waals surface area contributed by atoms with Crippen LogP contribution in [0.15, 0.2) is 42.5 Å². The van der Waals surface area contributed by atoms with Crippen LogP contribution < -0.4 is 14.2 Å². The summed E-state index contributed by atoms with van der Waals surface area (Å²) in [6.07, 6.45) is 4.85. The van der Waals surface area contributed by atoms with E-state index in [0.29, 0.717) is 38.1 Å². The number of rotatable bonds is 5. The van der Waals surface area contributed by atoms with Crippen LogP contribution in [0, 0.1) is 0 Å². The topological polar surface area (TPSA) is 51.2 Å². The van der Waals surface area contributed by atoms with Crippen molar-refractivity contribution < 1.29 is 19.0 Å². The highest BCUT2D eigenvalue weighted by Crippen LogP contribution is 2.39. The molecule has 1 amide bonds. The zero-order valence-electron chi connectivity index (χ0n) is 18.8. The van der Waals surface area contributed by atoms with Gasteiger partial charge in [-0.1, -0.05) is 36.8 Å². The third-order valence-electron chi connectivity index (χ3n) is 7.00. The van der Waals surface area contributed by atoms with Gasteiger partial charge in [0.05, 0.1) is 7.11 Å². The molecule has 32 heavy (non-hydrogen) atoms. The molecule has 0 spiro atoms. The fourth-order valence-corrected chi connectivity index (χ4v) is 5.42. The number of ether oxygens (including phenoxy) is 3. The molecule has 170 valence electrons. The Bertz CT molecular complexity index is 948. The van der Waals surface area contributed by atoms with Crippen molar-refractivity contribution in [1.29, 1.82) is 0 Å². The molecule has 0 aliphatic carbocycles. The molecule has 0 saturated carbocycles. The molecule has 0 unspecified atom stereocenters. The molecule has 5 rings (SSSR count). The van der Waals surface area contributed by atoms with Gasteiger partial charge in [-0.15, -0.1) is 0 Å². The lowest BCUT2D eigenvalue weighted by molar-refractivity contribution is -0.135. The van der Waals surface area contributed by atoms with E-state index >= 15 is 0 Å². The van der Waals surface area contributed by atoms with Crippen molar-refractivity contribution in [2.45, 2.75) is 57.3 Å². The maximum absolute atomic E-state index is 13.1. The SMILES string of the molecule is COc1cc2c(cc1CN1CC[C@H]3[C@H]1CCCCC(=O)N3Cc1ccccc1)OCCO2. The lowest BCUT2D eigenvalue weighted by Crippen LogP contribution is -2.48. The number of carbonyl (C=O) groups excluding carboxylic acids is 1. The monoisotopic (exact) mass is 436 g/mol. The summed E-state index contributed by atoms with van der Waals surface area (Å²) in [7, 11) is 1.71. The van der Waals surface area contributed by atoms with Crippen molar-refractivity contribution in [3.05, 3.63) is 53.6 Å². The molecule has 3 aliphatic rings. The van der Waals surface area contributed by atoms with E-state index in [1.54, 1.807) is 7.11 Å². The van der Waals surface area contributed by atoms with Crippen LogP contribution in [0.2, 0.25) is 0 Å². The summed E-state index contributed by atoms with van der Waals surface area (Å²) >= 11 is 0. The van der Waals surface area contributed by atoms with E-state index in [9.17, 15) is 4.79 Å². The quantitative estimate of drug-likeness (QED) is 0.709. The van der Waals surface area contributed by atoms with Gasteiger partial charge in [0.25, 0.3) is 0 Å². The van der Waals surface area contributed by atoms with Crippen molar-refractivity contribution in [2.24, 2.45) is 0 Å². The van der Waals surface area contributed by atoms with E-state index in [1.807, 2.05) is 12.1 Å². The van der Waals surface area contributed by atoms with Crippen LogP contribution in [-0.4, -0.2) is 54.7 Å². The van der Waals surface area contributed by atoms with E-state index in [4.69, 9.17) is 14.2 Å². The van der Waals surface area contributed by atoms with Gasteiger partial charge in [-0.3, -0.25) is 9.69 Å². The molecule has 0 radical (unpaired) electrons. The molecular formula is C26H32N2O4. The molecule has 2 aromatic rings. The Morgan fingerprint density at radius 1 is 0.969 bits per heavy atom. The van der Waals surface area contributed by atoms with Crippen molar-refractivity contribution >= 4 is 5.91 Å². The van der Waals surface area contributed by atoms with Gasteiger partial charge < -0.3 is 19.1 Å². The second-order valence-electron chi connectivity index (χ2n) is 8.95. The number of benzene rings is 2. The molecule has 3 heterocycles. The van der Waals surface area contributed by atoms with E-state index in [0.717, 1.165) is 61.6 Å². The predicted octanol–water partition coefficient (Wildman–Crippen LogP) is 4.01. The standard InChI is InChI=1S/C26H32N2O4/c1-30-23-16-25-24(31-13-14-32-25)15-20(23)18-27-12-11-22-21(27)9-5-6-10-26(29)28(22)17-19-7-3-2-4-8-19/h2-4,7-8,15-16,21-22H,5-6,9-14,17-18H2,1H3/t21-,22+/m1/s1. The molecule has 6 nitrogen and oxygen atoms in total. The van der Waals surface area contributed by atoms with Crippen molar-refractivity contribution in [1.82, 2.24) is 9.80 Å². The fourth-order valence-electron chi connectivity index (χ4n) is 5.42. The number of methoxy groups -OCH3 is 1. The summed E-state index contributed by atoms with van der Waals surface area (Å²) in [4.78, 5) is 17.8. The van der Waals surface area contributed by atoms with Crippen LogP contribution in [0.3, 0.4) is 0 Å². The maximum Gasteiger partial charge on any atom is 0.223 e. The Balaban J connectivity index is 1.38. The van der Waals surface area contributed by atoms with Gasteiger partial charge in [0.1, 0.15) is 19.0 Å². The van der Waals surface area contributed by atoms with Crippen molar-refractivity contribution in [3.8, 4) is 17.2 Å². The molecule has 2 fully saturated rings. The minimum absolute atomic E-state index is 0.256. The Hall–Kier alpha value is -2.73. The van der Waals surface area contributed by atoms with Crippen molar-refractivity contribution in [3.63, 3.8) is 0 Å². The molecule has 6 heteroatoms. The van der Waals surface area contributed by atoms with Crippen LogP contribution in [0.5, 0.6) is 17.2 Å². The van der Waals surface area contributed by atoms with Crippen LogP contribution >= 0.6 is 0 Å². The normalized spacial score (nSPS) is 23.4. The highest BCUT2D eigenvalue weighted by molar-refractivity contribution is 5.76. The fraction of sp³-hybridized carbons (Fsp3) is 0.500.